The van der Waals surface area contributed by atoms with E-state index in [0.29, 0.717) is 0 Å². The van der Waals surface area contributed by atoms with Crippen molar-refractivity contribution in [2.24, 2.45) is 0 Å². The molecule has 0 aromatic heterocycles. The van der Waals surface area contributed by atoms with Crippen molar-refractivity contribution in [1.29, 1.82) is 0 Å². The van der Waals surface area contributed by atoms with Crippen molar-refractivity contribution in [3.8, 4) is 16.9 Å². The number of benzene rings is 2. The van der Waals surface area contributed by atoms with Crippen LogP contribution >= 0.6 is 0 Å². The highest BCUT2D eigenvalue weighted by Gasteiger charge is 2.35. The largest absolute Gasteiger partial charge is 0.495 e. The Labute approximate surface area is 111 Å². The summed E-state index contributed by atoms with van der Waals surface area (Å²) < 4.78 is 70.2. The second-order valence-corrected chi connectivity index (χ2v) is 3.99. The van der Waals surface area contributed by atoms with Crippen LogP contribution in [0.5, 0.6) is 5.75 Å². The molecular formula is C14H9F5O. The number of alkyl halides is 3. The van der Waals surface area contributed by atoms with Gasteiger partial charge in [-0.25, -0.2) is 8.78 Å². The van der Waals surface area contributed by atoms with E-state index in [2.05, 4.69) is 0 Å². The van der Waals surface area contributed by atoms with Gasteiger partial charge in [-0.15, -0.1) is 0 Å². The lowest BCUT2D eigenvalue weighted by molar-refractivity contribution is -0.138. The predicted octanol–water partition coefficient (Wildman–Crippen LogP) is 4.66. The molecule has 2 aromatic carbocycles. The van der Waals surface area contributed by atoms with E-state index in [1.54, 1.807) is 0 Å². The molecule has 0 bridgehead atoms. The van der Waals surface area contributed by atoms with Crippen LogP contribution in [0.4, 0.5) is 22.0 Å². The monoisotopic (exact) mass is 288 g/mol. The quantitative estimate of drug-likeness (QED) is 0.730. The first-order valence-corrected chi connectivity index (χ1v) is 5.55. The van der Waals surface area contributed by atoms with Gasteiger partial charge in [-0.05, 0) is 12.1 Å². The Kier molecular flexibility index (Phi) is 3.65. The Morgan fingerprint density at radius 1 is 0.900 bits per heavy atom. The van der Waals surface area contributed by atoms with Gasteiger partial charge in [0.05, 0.1) is 12.7 Å². The van der Waals surface area contributed by atoms with Crippen molar-refractivity contribution in [3.05, 3.63) is 53.6 Å². The summed E-state index contributed by atoms with van der Waals surface area (Å²) in [6, 6.07) is 6.47. The van der Waals surface area contributed by atoms with Gasteiger partial charge in [0.1, 0.15) is 5.75 Å². The molecule has 2 rings (SSSR count). The van der Waals surface area contributed by atoms with Gasteiger partial charge in [0, 0.05) is 11.1 Å². The van der Waals surface area contributed by atoms with Crippen LogP contribution in [0.2, 0.25) is 0 Å². The molecule has 0 heterocycles. The zero-order valence-electron chi connectivity index (χ0n) is 10.3. The fraction of sp³-hybridized carbons (Fsp3) is 0.143. The van der Waals surface area contributed by atoms with E-state index in [0.717, 1.165) is 25.3 Å². The summed E-state index contributed by atoms with van der Waals surface area (Å²) in [6.45, 7) is 0. The number of hydrogen-bond acceptors (Lipinski definition) is 1. The van der Waals surface area contributed by atoms with E-state index in [1.807, 2.05) is 0 Å². The minimum absolute atomic E-state index is 0.153. The number of hydrogen-bond donors (Lipinski definition) is 0. The normalized spacial score (nSPS) is 11.5. The van der Waals surface area contributed by atoms with Gasteiger partial charge in [0.15, 0.2) is 11.6 Å². The molecule has 0 aliphatic carbocycles. The lowest BCUT2D eigenvalue weighted by atomic mass is 10.0. The molecule has 0 unspecified atom stereocenters. The van der Waals surface area contributed by atoms with Gasteiger partial charge >= 0.3 is 6.18 Å². The van der Waals surface area contributed by atoms with Crippen molar-refractivity contribution >= 4 is 0 Å². The molecule has 1 nitrogen and oxygen atoms in total. The minimum Gasteiger partial charge on any atom is -0.495 e. The van der Waals surface area contributed by atoms with E-state index in [4.69, 9.17) is 4.74 Å². The molecule has 0 radical (unpaired) electrons. The van der Waals surface area contributed by atoms with Crippen LogP contribution in [0.25, 0.3) is 11.1 Å². The number of methoxy groups -OCH3 is 1. The number of halogens is 5. The Bertz CT molecular complexity index is 634. The van der Waals surface area contributed by atoms with Gasteiger partial charge in [0.2, 0.25) is 0 Å². The van der Waals surface area contributed by atoms with Crippen molar-refractivity contribution < 1.29 is 26.7 Å². The smallest absolute Gasteiger partial charge is 0.419 e. The van der Waals surface area contributed by atoms with Crippen LogP contribution in [0.1, 0.15) is 5.56 Å². The highest BCUT2D eigenvalue weighted by molar-refractivity contribution is 5.73. The average molecular weight is 288 g/mol. The van der Waals surface area contributed by atoms with Crippen LogP contribution in [0.15, 0.2) is 36.4 Å². The summed E-state index contributed by atoms with van der Waals surface area (Å²) in [5.41, 5.74) is -1.48. The molecule has 0 amide bonds. The lowest BCUT2D eigenvalue weighted by Crippen LogP contribution is -2.08. The van der Waals surface area contributed by atoms with E-state index in [1.165, 1.54) is 18.2 Å². The molecule has 0 fully saturated rings. The third-order valence-electron chi connectivity index (χ3n) is 2.77. The third kappa shape index (κ3) is 2.45. The summed E-state index contributed by atoms with van der Waals surface area (Å²) >= 11 is 0. The Morgan fingerprint density at radius 3 is 2.10 bits per heavy atom. The number of ether oxygens (including phenoxy) is 1. The summed E-state index contributed by atoms with van der Waals surface area (Å²) in [5, 5.41) is 0. The SMILES string of the molecule is COc1c(-c2cccc(F)c2F)cccc1C(F)(F)F. The molecule has 6 heteroatoms. The molecule has 0 spiro atoms. The second-order valence-electron chi connectivity index (χ2n) is 3.99. The summed E-state index contributed by atoms with van der Waals surface area (Å²) in [6.07, 6.45) is -4.65. The van der Waals surface area contributed by atoms with Crippen molar-refractivity contribution in [1.82, 2.24) is 0 Å². The number of rotatable bonds is 2. The van der Waals surface area contributed by atoms with Crippen LogP contribution in [-0.2, 0) is 6.18 Å². The molecule has 0 atom stereocenters. The zero-order chi connectivity index (χ0) is 14.9. The first-order chi connectivity index (χ1) is 9.36. The minimum atomic E-state index is -4.65. The first kappa shape index (κ1) is 14.3. The molecule has 0 saturated heterocycles. The van der Waals surface area contributed by atoms with Crippen molar-refractivity contribution in [3.63, 3.8) is 0 Å². The Hall–Kier alpha value is -2.11. The lowest BCUT2D eigenvalue weighted by Gasteiger charge is -2.16. The molecule has 106 valence electrons. The zero-order valence-corrected chi connectivity index (χ0v) is 10.3. The van der Waals surface area contributed by atoms with Gasteiger partial charge < -0.3 is 4.74 Å². The maximum atomic E-state index is 13.7. The second kappa shape index (κ2) is 5.11. The van der Waals surface area contributed by atoms with Gasteiger partial charge in [-0.1, -0.05) is 24.3 Å². The topological polar surface area (TPSA) is 9.23 Å². The molecule has 20 heavy (non-hydrogen) atoms. The van der Waals surface area contributed by atoms with Crippen molar-refractivity contribution in [2.45, 2.75) is 6.18 Å². The summed E-state index contributed by atoms with van der Waals surface area (Å²) in [4.78, 5) is 0. The predicted molar refractivity (Wildman–Crippen MR) is 63.3 cm³/mol. The fourth-order valence-corrected chi connectivity index (χ4v) is 1.90. The van der Waals surface area contributed by atoms with Gasteiger partial charge in [-0.2, -0.15) is 13.2 Å². The molecule has 0 saturated carbocycles. The number of para-hydroxylation sites is 1. The maximum absolute atomic E-state index is 13.7. The molecule has 0 aliphatic heterocycles. The summed E-state index contributed by atoms with van der Waals surface area (Å²) in [5.74, 6) is -2.89. The molecular weight excluding hydrogens is 279 g/mol. The average Bonchev–Trinajstić information content (AvgIpc) is 2.40. The first-order valence-electron chi connectivity index (χ1n) is 5.55. The van der Waals surface area contributed by atoms with Crippen LogP contribution in [0, 0.1) is 11.6 Å². The van der Waals surface area contributed by atoms with Gasteiger partial charge in [0.25, 0.3) is 0 Å². The van der Waals surface area contributed by atoms with Gasteiger partial charge in [-0.3, -0.25) is 0 Å². The molecule has 0 aliphatic rings. The highest BCUT2D eigenvalue weighted by Crippen LogP contribution is 2.42. The molecule has 2 aromatic rings. The van der Waals surface area contributed by atoms with Crippen LogP contribution in [0.3, 0.4) is 0 Å². The standard InChI is InChI=1S/C14H9F5O/c1-20-13-9(5-2-6-10(13)14(17,18)19)8-4-3-7-11(15)12(8)16/h2-7H,1H3. The Morgan fingerprint density at radius 2 is 1.50 bits per heavy atom. The Balaban J connectivity index is 2.72. The third-order valence-corrected chi connectivity index (χ3v) is 2.77. The molecule has 0 N–H and O–H groups in total. The van der Waals surface area contributed by atoms with Crippen molar-refractivity contribution in [2.75, 3.05) is 7.11 Å². The fourth-order valence-electron chi connectivity index (χ4n) is 1.90. The maximum Gasteiger partial charge on any atom is 0.419 e. The highest BCUT2D eigenvalue weighted by atomic mass is 19.4. The van der Waals surface area contributed by atoms with E-state index >= 15 is 0 Å². The van der Waals surface area contributed by atoms with Crippen LogP contribution < -0.4 is 4.74 Å². The van der Waals surface area contributed by atoms with E-state index < -0.39 is 29.1 Å². The van der Waals surface area contributed by atoms with E-state index in [9.17, 15) is 22.0 Å². The van der Waals surface area contributed by atoms with Crippen LogP contribution in [-0.4, -0.2) is 7.11 Å². The summed E-state index contributed by atoms with van der Waals surface area (Å²) in [7, 11) is 1.05. The van der Waals surface area contributed by atoms with E-state index in [-0.39, 0.29) is 11.1 Å².